The molecule has 4 nitrogen and oxygen atoms in total. The van der Waals surface area contributed by atoms with Crippen LogP contribution in [0.4, 0.5) is 0 Å². The summed E-state index contributed by atoms with van der Waals surface area (Å²) in [5.41, 5.74) is 6.12. The lowest BCUT2D eigenvalue weighted by Gasteiger charge is -2.18. The Morgan fingerprint density at radius 1 is 0.553 bits per heavy atom. The molecule has 0 saturated heterocycles. The van der Waals surface area contributed by atoms with Crippen molar-refractivity contribution in [2.24, 2.45) is 0 Å². The largest absolute Gasteiger partial charge is 0.458 e. The first-order chi connectivity index (χ1) is 18.6. The quantitative estimate of drug-likeness (QED) is 0.124. The summed E-state index contributed by atoms with van der Waals surface area (Å²) in [7, 11) is 0. The Labute approximate surface area is 221 Å². The molecule has 0 amide bonds. The van der Waals surface area contributed by atoms with Crippen LogP contribution in [0.3, 0.4) is 0 Å². The summed E-state index contributed by atoms with van der Waals surface area (Å²) in [6.45, 7) is 7.29. The number of ether oxygens (including phenoxy) is 2. The molecule has 0 bridgehead atoms. The predicted octanol–water partition coefficient (Wildman–Crippen LogP) is 7.79. The van der Waals surface area contributed by atoms with Crippen LogP contribution in [-0.4, -0.2) is 11.9 Å². The van der Waals surface area contributed by atoms with Crippen LogP contribution < -0.4 is 0 Å². The van der Waals surface area contributed by atoms with Crippen LogP contribution >= 0.6 is 0 Å². The molecule has 186 valence electrons. The van der Waals surface area contributed by atoms with Gasteiger partial charge in [0.1, 0.15) is 13.2 Å². The highest BCUT2D eigenvalue weighted by molar-refractivity contribution is 6.21. The van der Waals surface area contributed by atoms with Crippen molar-refractivity contribution in [3.63, 3.8) is 0 Å². The zero-order valence-electron chi connectivity index (χ0n) is 20.9. The molecule has 0 fully saturated rings. The van der Waals surface area contributed by atoms with Gasteiger partial charge in [-0.25, -0.2) is 9.59 Å². The maximum absolute atomic E-state index is 11.6. The van der Waals surface area contributed by atoms with Gasteiger partial charge in [-0.1, -0.05) is 98.1 Å². The van der Waals surface area contributed by atoms with Crippen LogP contribution in [0.5, 0.6) is 0 Å². The molecule has 38 heavy (non-hydrogen) atoms. The summed E-state index contributed by atoms with van der Waals surface area (Å²) >= 11 is 0. The number of carbonyl (C=O) groups excluding carboxylic acids is 2. The van der Waals surface area contributed by atoms with E-state index in [-0.39, 0.29) is 13.2 Å². The highest BCUT2D eigenvalue weighted by Gasteiger charge is 2.17. The van der Waals surface area contributed by atoms with Gasteiger partial charge in [0.15, 0.2) is 0 Å². The van der Waals surface area contributed by atoms with Crippen LogP contribution in [-0.2, 0) is 32.3 Å². The number of hydrogen-bond donors (Lipinski definition) is 0. The highest BCUT2D eigenvalue weighted by atomic mass is 16.5. The standard InChI is InChI=1S/C34H26O4/c1-3-31(35)37-21-23-11-9-13-25(19-23)33-27-15-5-7-17-29(27)34(30-18-8-6-16-28(30)33)26-14-10-12-24(20-26)22-38-32(36)4-2/h3-20H,1-2,21-22H2. The summed E-state index contributed by atoms with van der Waals surface area (Å²) in [6, 6.07) is 32.9. The van der Waals surface area contributed by atoms with Crippen molar-refractivity contribution in [3.05, 3.63) is 133 Å². The Hall–Kier alpha value is -4.96. The molecule has 5 aromatic carbocycles. The zero-order chi connectivity index (χ0) is 26.5. The van der Waals surface area contributed by atoms with Crippen molar-refractivity contribution in [3.8, 4) is 22.3 Å². The molecule has 0 heterocycles. The first-order valence-corrected chi connectivity index (χ1v) is 12.3. The van der Waals surface area contributed by atoms with Crippen molar-refractivity contribution in [2.75, 3.05) is 0 Å². The Morgan fingerprint density at radius 2 is 0.921 bits per heavy atom. The maximum Gasteiger partial charge on any atom is 0.330 e. The predicted molar refractivity (Wildman–Crippen MR) is 152 cm³/mol. The van der Waals surface area contributed by atoms with Crippen LogP contribution in [0.2, 0.25) is 0 Å². The van der Waals surface area contributed by atoms with Crippen LogP contribution in [0.1, 0.15) is 11.1 Å². The summed E-state index contributed by atoms with van der Waals surface area (Å²) < 4.78 is 10.6. The molecule has 0 spiro atoms. The van der Waals surface area contributed by atoms with E-state index in [1.807, 2.05) is 48.5 Å². The van der Waals surface area contributed by atoms with Gasteiger partial charge in [-0.05, 0) is 67.1 Å². The molecule has 0 saturated carbocycles. The molecule has 0 radical (unpaired) electrons. The number of fused-ring (bicyclic) bond motifs is 2. The molecular weight excluding hydrogens is 472 g/mol. The highest BCUT2D eigenvalue weighted by Crippen LogP contribution is 2.43. The number of benzene rings is 5. The molecule has 0 aliphatic rings. The van der Waals surface area contributed by atoms with Gasteiger partial charge < -0.3 is 9.47 Å². The third-order valence-corrected chi connectivity index (χ3v) is 6.46. The lowest BCUT2D eigenvalue weighted by Crippen LogP contribution is -2.00. The van der Waals surface area contributed by atoms with Gasteiger partial charge in [-0.2, -0.15) is 0 Å². The zero-order valence-corrected chi connectivity index (χ0v) is 20.9. The normalized spacial score (nSPS) is 10.7. The lowest BCUT2D eigenvalue weighted by molar-refractivity contribution is -0.139. The average Bonchev–Trinajstić information content (AvgIpc) is 2.97. The Bertz CT molecular complexity index is 1510. The smallest absolute Gasteiger partial charge is 0.330 e. The Balaban J connectivity index is 1.69. The van der Waals surface area contributed by atoms with Gasteiger partial charge in [0, 0.05) is 12.2 Å². The fraction of sp³-hybridized carbons (Fsp3) is 0.0588. The van der Waals surface area contributed by atoms with Gasteiger partial charge in [0.05, 0.1) is 0 Å². The van der Waals surface area contributed by atoms with E-state index in [1.54, 1.807) is 0 Å². The molecular formula is C34H26O4. The molecule has 0 aromatic heterocycles. The summed E-state index contributed by atoms with van der Waals surface area (Å²) in [5.74, 6) is -0.894. The Kier molecular flexibility index (Phi) is 7.14. The van der Waals surface area contributed by atoms with E-state index in [0.29, 0.717) is 0 Å². The molecule has 0 aliphatic heterocycles. The van der Waals surface area contributed by atoms with Gasteiger partial charge in [-0.15, -0.1) is 0 Å². The monoisotopic (exact) mass is 498 g/mol. The molecule has 0 unspecified atom stereocenters. The first-order valence-electron chi connectivity index (χ1n) is 12.3. The minimum atomic E-state index is -0.447. The van der Waals surface area contributed by atoms with Crippen molar-refractivity contribution in [2.45, 2.75) is 13.2 Å². The van der Waals surface area contributed by atoms with Gasteiger partial charge in [0.25, 0.3) is 0 Å². The molecule has 4 heteroatoms. The second-order valence-corrected chi connectivity index (χ2v) is 8.87. The van der Waals surface area contributed by atoms with Crippen molar-refractivity contribution < 1.29 is 19.1 Å². The van der Waals surface area contributed by atoms with Gasteiger partial charge >= 0.3 is 11.9 Å². The van der Waals surface area contributed by atoms with E-state index in [9.17, 15) is 9.59 Å². The van der Waals surface area contributed by atoms with Gasteiger partial charge in [-0.3, -0.25) is 0 Å². The van der Waals surface area contributed by atoms with Crippen molar-refractivity contribution in [1.82, 2.24) is 0 Å². The first kappa shape index (κ1) is 24.7. The molecule has 5 aromatic rings. The third-order valence-electron chi connectivity index (χ3n) is 6.46. The van der Waals surface area contributed by atoms with Crippen LogP contribution in [0.15, 0.2) is 122 Å². The average molecular weight is 499 g/mol. The summed E-state index contributed by atoms with van der Waals surface area (Å²) in [5, 5.41) is 4.46. The summed E-state index contributed by atoms with van der Waals surface area (Å²) in [6.07, 6.45) is 2.34. The third kappa shape index (κ3) is 4.97. The molecule has 0 atom stereocenters. The minimum absolute atomic E-state index is 0.176. The Morgan fingerprint density at radius 3 is 1.26 bits per heavy atom. The fourth-order valence-electron chi connectivity index (χ4n) is 4.81. The van der Waals surface area contributed by atoms with E-state index < -0.39 is 11.9 Å². The van der Waals surface area contributed by atoms with Gasteiger partial charge in [0.2, 0.25) is 0 Å². The second kappa shape index (κ2) is 11.0. The van der Waals surface area contributed by atoms with E-state index >= 15 is 0 Å². The fourth-order valence-corrected chi connectivity index (χ4v) is 4.81. The van der Waals surface area contributed by atoms with E-state index in [1.165, 1.54) is 12.2 Å². The molecule has 5 rings (SSSR count). The van der Waals surface area contributed by atoms with Crippen LogP contribution in [0, 0.1) is 0 Å². The second-order valence-electron chi connectivity index (χ2n) is 8.87. The molecule has 0 N–H and O–H groups in total. The number of rotatable bonds is 8. The van der Waals surface area contributed by atoms with Crippen molar-refractivity contribution in [1.29, 1.82) is 0 Å². The van der Waals surface area contributed by atoms with E-state index in [0.717, 1.165) is 54.9 Å². The van der Waals surface area contributed by atoms with E-state index in [4.69, 9.17) is 9.47 Å². The topological polar surface area (TPSA) is 52.6 Å². The van der Waals surface area contributed by atoms with Crippen LogP contribution in [0.25, 0.3) is 43.8 Å². The minimum Gasteiger partial charge on any atom is -0.458 e. The van der Waals surface area contributed by atoms with Crippen molar-refractivity contribution >= 4 is 33.5 Å². The lowest BCUT2D eigenvalue weighted by atomic mass is 9.85. The maximum atomic E-state index is 11.6. The number of hydrogen-bond acceptors (Lipinski definition) is 4. The number of esters is 2. The van der Waals surface area contributed by atoms with E-state index in [2.05, 4.69) is 61.7 Å². The number of carbonyl (C=O) groups is 2. The summed E-state index contributed by atoms with van der Waals surface area (Å²) in [4.78, 5) is 23.2. The molecule has 0 aliphatic carbocycles. The SMILES string of the molecule is C=CC(=O)OCc1cccc(-c2c3ccccc3c(-c3cccc(COC(=O)C=C)c3)c3ccccc23)c1.